The molecule has 5 amide bonds. The van der Waals surface area contributed by atoms with Gasteiger partial charge < -0.3 is 30.9 Å². The number of hydrogen-bond donors (Lipinski definition) is 4. The number of ether oxygens (including phenoxy) is 1. The Kier molecular flexibility index (Phi) is 13.4. The molecule has 4 atom stereocenters. The van der Waals surface area contributed by atoms with E-state index in [1.807, 2.05) is 44.2 Å². The molecule has 0 radical (unpaired) electrons. The minimum absolute atomic E-state index is 0.0234. The number of nitrogens with one attached hydrogen (secondary N) is 4. The van der Waals surface area contributed by atoms with Crippen LogP contribution in [0.2, 0.25) is 0 Å². The molecule has 236 valence electrons. The molecule has 12 heteroatoms. The number of ketones is 1. The topological polar surface area (TPSA) is 163 Å². The third kappa shape index (κ3) is 10.8. The fraction of sp³-hybridized carbons (Fsp3) is 0.548. The van der Waals surface area contributed by atoms with Crippen LogP contribution >= 0.6 is 0 Å². The van der Waals surface area contributed by atoms with E-state index in [9.17, 15) is 28.8 Å². The fourth-order valence-corrected chi connectivity index (χ4v) is 4.71. The molecule has 1 aliphatic heterocycles. The van der Waals surface area contributed by atoms with Crippen molar-refractivity contribution >= 4 is 35.5 Å². The van der Waals surface area contributed by atoms with E-state index in [4.69, 9.17) is 4.74 Å². The van der Waals surface area contributed by atoms with Gasteiger partial charge in [-0.3, -0.25) is 24.0 Å². The van der Waals surface area contributed by atoms with E-state index in [-0.39, 0.29) is 32.0 Å². The number of likely N-dealkylation sites (tertiary alicyclic amines) is 1. The van der Waals surface area contributed by atoms with Crippen LogP contribution in [0.1, 0.15) is 59.4 Å². The Hall–Kier alpha value is -4.22. The number of benzene rings is 1. The summed E-state index contributed by atoms with van der Waals surface area (Å²) < 4.78 is 5.18. The first-order chi connectivity index (χ1) is 20.3. The zero-order valence-corrected chi connectivity index (χ0v) is 25.7. The molecule has 1 heterocycles. The summed E-state index contributed by atoms with van der Waals surface area (Å²) in [5.41, 5.74) is 0.0532. The van der Waals surface area contributed by atoms with Gasteiger partial charge in [0.05, 0.1) is 6.04 Å². The monoisotopic (exact) mass is 599 g/mol. The van der Waals surface area contributed by atoms with Crippen LogP contribution in [0.5, 0.6) is 0 Å². The quantitative estimate of drug-likeness (QED) is 0.144. The van der Waals surface area contributed by atoms with Crippen LogP contribution in [0.4, 0.5) is 4.79 Å². The van der Waals surface area contributed by atoms with Crippen molar-refractivity contribution in [3.8, 4) is 0 Å². The highest BCUT2D eigenvalue weighted by Crippen LogP contribution is 2.28. The molecule has 43 heavy (non-hydrogen) atoms. The number of carbonyl (C=O) groups is 6. The van der Waals surface area contributed by atoms with Gasteiger partial charge in [-0.15, -0.1) is 6.58 Å². The summed E-state index contributed by atoms with van der Waals surface area (Å²) in [4.78, 5) is 78.5. The minimum atomic E-state index is -1.04. The van der Waals surface area contributed by atoms with Crippen LogP contribution in [0.15, 0.2) is 43.0 Å². The third-order valence-electron chi connectivity index (χ3n) is 6.96. The number of amides is 5. The van der Waals surface area contributed by atoms with E-state index < -0.39 is 65.6 Å². The normalized spacial score (nSPS) is 17.7. The highest BCUT2D eigenvalue weighted by Gasteiger charge is 2.44. The van der Waals surface area contributed by atoms with Gasteiger partial charge in [0, 0.05) is 13.1 Å². The van der Waals surface area contributed by atoms with Gasteiger partial charge in [0.2, 0.25) is 17.6 Å². The molecule has 1 aromatic rings. The highest BCUT2D eigenvalue weighted by atomic mass is 16.5. The molecule has 12 nitrogen and oxygen atoms in total. The zero-order valence-electron chi connectivity index (χ0n) is 25.7. The largest absolute Gasteiger partial charge is 0.460 e. The highest BCUT2D eigenvalue weighted by molar-refractivity contribution is 6.38. The van der Waals surface area contributed by atoms with E-state index in [2.05, 4.69) is 27.8 Å². The molecule has 3 unspecified atom stereocenters. The second-order valence-electron chi connectivity index (χ2n) is 11.8. The maximum Gasteiger partial charge on any atom is 0.325 e. The lowest BCUT2D eigenvalue weighted by molar-refractivity contribution is -0.144. The zero-order chi connectivity index (χ0) is 32.2. The van der Waals surface area contributed by atoms with Crippen molar-refractivity contribution in [2.45, 2.75) is 78.6 Å². The van der Waals surface area contributed by atoms with Crippen molar-refractivity contribution in [2.24, 2.45) is 11.3 Å². The maximum absolute atomic E-state index is 13.8. The third-order valence-corrected chi connectivity index (χ3v) is 6.96. The van der Waals surface area contributed by atoms with Crippen LogP contribution < -0.4 is 21.3 Å². The van der Waals surface area contributed by atoms with Gasteiger partial charge in [-0.1, -0.05) is 77.4 Å². The van der Waals surface area contributed by atoms with Gasteiger partial charge in [0.15, 0.2) is 0 Å². The van der Waals surface area contributed by atoms with Crippen molar-refractivity contribution in [3.05, 3.63) is 48.6 Å². The molecular weight excluding hydrogens is 554 g/mol. The van der Waals surface area contributed by atoms with Gasteiger partial charge in [-0.2, -0.15) is 0 Å². The SMILES string of the molecule is C=CCNC(=O)C(=O)C(CCC)NC(=O)C1C[C@@H](C)CN1C(=O)C(NC(=O)NCC(=O)OCc1ccccc1)C(C)(C)C. The summed E-state index contributed by atoms with van der Waals surface area (Å²) >= 11 is 0. The molecule has 0 aliphatic carbocycles. The molecule has 1 aliphatic rings. The van der Waals surface area contributed by atoms with Crippen molar-refractivity contribution < 1.29 is 33.5 Å². The van der Waals surface area contributed by atoms with E-state index in [0.29, 0.717) is 12.8 Å². The molecule has 4 N–H and O–H groups in total. The molecule has 0 saturated carbocycles. The van der Waals surface area contributed by atoms with Gasteiger partial charge >= 0.3 is 12.0 Å². The summed E-state index contributed by atoms with van der Waals surface area (Å²) in [6.45, 7) is 12.6. The number of Topliss-reactive ketones (excluding diaryl/α,β-unsaturated/α-hetero) is 1. The van der Waals surface area contributed by atoms with Crippen LogP contribution in [0.3, 0.4) is 0 Å². The molecule has 1 aromatic carbocycles. The van der Waals surface area contributed by atoms with E-state index in [1.54, 1.807) is 20.8 Å². The molecular formula is C31H45N5O7. The number of urea groups is 1. The molecule has 0 bridgehead atoms. The van der Waals surface area contributed by atoms with Gasteiger partial charge in [-0.05, 0) is 29.7 Å². The molecule has 0 aromatic heterocycles. The predicted octanol–water partition coefficient (Wildman–Crippen LogP) is 1.84. The summed E-state index contributed by atoms with van der Waals surface area (Å²) in [7, 11) is 0. The Morgan fingerprint density at radius 2 is 1.74 bits per heavy atom. The van der Waals surface area contributed by atoms with Crippen LogP contribution in [0, 0.1) is 11.3 Å². The Bertz CT molecular complexity index is 1160. The number of rotatable bonds is 14. The van der Waals surface area contributed by atoms with Crippen LogP contribution in [-0.2, 0) is 35.3 Å². The Morgan fingerprint density at radius 1 is 1.07 bits per heavy atom. The van der Waals surface area contributed by atoms with Crippen molar-refractivity contribution in [2.75, 3.05) is 19.6 Å². The van der Waals surface area contributed by atoms with Crippen LogP contribution in [0.25, 0.3) is 0 Å². The standard InChI is InChI=1S/C31H45N5O7/c1-7-12-22(25(38)28(40)32-15-8-2)34-27(39)23-16-20(3)18-36(23)29(41)26(31(4,5)6)35-30(42)33-17-24(37)43-19-21-13-10-9-11-14-21/h8-11,13-14,20,22-23,26H,2,7,12,15-19H2,1,3-6H3,(H,32,40)(H,34,39)(H2,33,35,42)/t20-,22?,23?,26?/m1/s1. The summed E-state index contributed by atoms with van der Waals surface area (Å²) in [5, 5.41) is 10.2. The molecule has 1 saturated heterocycles. The first kappa shape index (κ1) is 35.0. The number of nitrogens with zero attached hydrogens (tertiary/aromatic N) is 1. The lowest BCUT2D eigenvalue weighted by Crippen LogP contribution is -2.60. The van der Waals surface area contributed by atoms with Gasteiger partial charge in [0.25, 0.3) is 5.91 Å². The summed E-state index contributed by atoms with van der Waals surface area (Å²) in [6, 6.07) is 5.39. The second kappa shape index (κ2) is 16.4. The van der Waals surface area contributed by atoms with Crippen molar-refractivity contribution in [1.29, 1.82) is 0 Å². The Labute approximate surface area is 253 Å². The molecule has 2 rings (SSSR count). The van der Waals surface area contributed by atoms with Gasteiger partial charge in [-0.25, -0.2) is 4.79 Å². The first-order valence-electron chi connectivity index (χ1n) is 14.6. The average Bonchev–Trinajstić information content (AvgIpc) is 3.37. The smallest absolute Gasteiger partial charge is 0.325 e. The number of esters is 1. The summed E-state index contributed by atoms with van der Waals surface area (Å²) in [5.74, 6) is -3.27. The van der Waals surface area contributed by atoms with Gasteiger partial charge in [0.1, 0.15) is 25.2 Å². The van der Waals surface area contributed by atoms with E-state index >= 15 is 0 Å². The molecule has 1 fully saturated rings. The molecule has 0 spiro atoms. The van der Waals surface area contributed by atoms with E-state index in [0.717, 1.165) is 5.56 Å². The van der Waals surface area contributed by atoms with Crippen molar-refractivity contribution in [3.63, 3.8) is 0 Å². The lowest BCUT2D eigenvalue weighted by Gasteiger charge is -2.35. The van der Waals surface area contributed by atoms with Crippen LogP contribution in [-0.4, -0.2) is 78.2 Å². The Balaban J connectivity index is 2.07. The average molecular weight is 600 g/mol. The Morgan fingerprint density at radius 3 is 2.35 bits per heavy atom. The second-order valence-corrected chi connectivity index (χ2v) is 11.8. The minimum Gasteiger partial charge on any atom is -0.460 e. The van der Waals surface area contributed by atoms with Crippen molar-refractivity contribution in [1.82, 2.24) is 26.2 Å². The first-order valence-corrected chi connectivity index (χ1v) is 14.6. The lowest BCUT2D eigenvalue weighted by atomic mass is 9.85. The number of carbonyl (C=O) groups excluding carboxylic acids is 6. The summed E-state index contributed by atoms with van der Waals surface area (Å²) in [6.07, 6.45) is 2.59. The van der Waals surface area contributed by atoms with E-state index in [1.165, 1.54) is 11.0 Å². The maximum atomic E-state index is 13.8. The predicted molar refractivity (Wildman–Crippen MR) is 160 cm³/mol. The number of hydrogen-bond acceptors (Lipinski definition) is 7. The fourth-order valence-electron chi connectivity index (χ4n) is 4.71.